The van der Waals surface area contributed by atoms with E-state index < -0.39 is 0 Å². The molecule has 1 aliphatic heterocycles. The number of aromatic nitrogens is 3. The largest absolute Gasteiger partial charge is 0.493 e. The molecule has 0 saturated carbocycles. The van der Waals surface area contributed by atoms with Crippen molar-refractivity contribution in [3.05, 3.63) is 82.6 Å². The number of halogens is 1. The van der Waals surface area contributed by atoms with Crippen molar-refractivity contribution >= 4 is 34.2 Å². The molecule has 5 rings (SSSR count). The smallest absolute Gasteiger partial charge is 0.242 e. The zero-order valence-corrected chi connectivity index (χ0v) is 22.3. The van der Waals surface area contributed by atoms with Crippen molar-refractivity contribution in [3.8, 4) is 5.75 Å². The minimum absolute atomic E-state index is 0.0489. The Morgan fingerprint density at radius 1 is 1.03 bits per heavy atom. The monoisotopic (exact) mass is 517 g/mol. The standard InChI is InChI=1S/C29H32ClN5O2/c1-20(2)19-37-26-10-9-25(30)15-24(26)17-35-21(3)14-27(32-35)34-13-12-33(18-28(34)36)16-23-7-4-6-22-8-5-11-31-29(22)23/h4-11,14-15,20H,12-13,16-19H2,1-3H3. The Bertz CT molecular complexity index is 1410. The molecule has 1 saturated heterocycles. The zero-order chi connectivity index (χ0) is 25.9. The second kappa shape index (κ2) is 10.9. The van der Waals surface area contributed by atoms with Crippen LogP contribution in [0.2, 0.25) is 5.02 Å². The molecule has 1 amide bonds. The molecule has 1 aliphatic rings. The van der Waals surface area contributed by atoms with E-state index in [9.17, 15) is 4.79 Å². The van der Waals surface area contributed by atoms with Gasteiger partial charge < -0.3 is 4.74 Å². The molecule has 8 heteroatoms. The number of fused-ring (bicyclic) bond motifs is 1. The maximum Gasteiger partial charge on any atom is 0.242 e. The number of ether oxygens (including phenoxy) is 1. The molecule has 0 atom stereocenters. The number of hydrogen-bond donors (Lipinski definition) is 0. The number of rotatable bonds is 8. The van der Waals surface area contributed by atoms with E-state index in [1.54, 1.807) is 4.90 Å². The van der Waals surface area contributed by atoms with Crippen LogP contribution < -0.4 is 9.64 Å². The van der Waals surface area contributed by atoms with Crippen molar-refractivity contribution in [2.45, 2.75) is 33.9 Å². The number of benzene rings is 2. The molecule has 0 unspecified atom stereocenters. The Kier molecular flexibility index (Phi) is 7.44. The van der Waals surface area contributed by atoms with Gasteiger partial charge in [0.25, 0.3) is 0 Å². The summed E-state index contributed by atoms with van der Waals surface area (Å²) >= 11 is 6.29. The third kappa shape index (κ3) is 5.78. The number of carbonyl (C=O) groups is 1. The number of pyridine rings is 1. The van der Waals surface area contributed by atoms with Crippen molar-refractivity contribution in [2.75, 3.05) is 31.1 Å². The average Bonchev–Trinajstić information content (AvgIpc) is 3.23. The van der Waals surface area contributed by atoms with E-state index in [1.807, 2.05) is 54.2 Å². The fraction of sp³-hybridized carbons (Fsp3) is 0.345. The minimum atomic E-state index is 0.0489. The lowest BCUT2D eigenvalue weighted by Crippen LogP contribution is -2.50. The fourth-order valence-electron chi connectivity index (χ4n) is 4.65. The van der Waals surface area contributed by atoms with E-state index in [0.29, 0.717) is 49.5 Å². The van der Waals surface area contributed by atoms with E-state index in [2.05, 4.69) is 41.9 Å². The molecule has 0 radical (unpaired) electrons. The first-order valence-corrected chi connectivity index (χ1v) is 13.1. The molecule has 0 spiro atoms. The van der Waals surface area contributed by atoms with Crippen LogP contribution in [0.5, 0.6) is 5.75 Å². The molecule has 2 aromatic carbocycles. The summed E-state index contributed by atoms with van der Waals surface area (Å²) in [4.78, 5) is 21.7. The summed E-state index contributed by atoms with van der Waals surface area (Å²) in [5, 5.41) is 6.56. The lowest BCUT2D eigenvalue weighted by atomic mass is 10.1. The number of piperazine rings is 1. The third-order valence-corrected chi connectivity index (χ3v) is 6.80. The molecular formula is C29H32ClN5O2. The summed E-state index contributed by atoms with van der Waals surface area (Å²) in [6, 6.07) is 17.9. The average molecular weight is 518 g/mol. The van der Waals surface area contributed by atoms with Gasteiger partial charge >= 0.3 is 0 Å². The van der Waals surface area contributed by atoms with E-state index >= 15 is 0 Å². The van der Waals surface area contributed by atoms with Crippen molar-refractivity contribution in [1.29, 1.82) is 0 Å². The van der Waals surface area contributed by atoms with Crippen LogP contribution in [0.4, 0.5) is 5.82 Å². The number of para-hydroxylation sites is 1. The van der Waals surface area contributed by atoms with Gasteiger partial charge in [-0.2, -0.15) is 5.10 Å². The Morgan fingerprint density at radius 3 is 2.68 bits per heavy atom. The van der Waals surface area contributed by atoms with Crippen molar-refractivity contribution < 1.29 is 9.53 Å². The van der Waals surface area contributed by atoms with E-state index in [1.165, 1.54) is 0 Å². The maximum absolute atomic E-state index is 13.2. The molecule has 2 aromatic heterocycles. The second-order valence-electron chi connectivity index (χ2n) is 10.0. The highest BCUT2D eigenvalue weighted by Gasteiger charge is 2.27. The minimum Gasteiger partial charge on any atom is -0.493 e. The number of amides is 1. The number of hydrogen-bond acceptors (Lipinski definition) is 5. The predicted octanol–water partition coefficient (Wildman–Crippen LogP) is 5.33. The fourth-order valence-corrected chi connectivity index (χ4v) is 4.84. The van der Waals surface area contributed by atoms with Crippen LogP contribution in [0.3, 0.4) is 0 Å². The van der Waals surface area contributed by atoms with Gasteiger partial charge in [0.1, 0.15) is 5.75 Å². The number of carbonyl (C=O) groups excluding carboxylic acids is 1. The van der Waals surface area contributed by atoms with Gasteiger partial charge in [-0.1, -0.05) is 49.7 Å². The van der Waals surface area contributed by atoms with Gasteiger partial charge in [-0.05, 0) is 42.7 Å². The molecule has 4 aromatic rings. The first-order valence-electron chi connectivity index (χ1n) is 12.7. The van der Waals surface area contributed by atoms with Gasteiger partial charge in [0.05, 0.1) is 25.2 Å². The normalized spacial score (nSPS) is 14.6. The first-order chi connectivity index (χ1) is 17.9. The summed E-state index contributed by atoms with van der Waals surface area (Å²) in [6.45, 7) is 9.78. The van der Waals surface area contributed by atoms with Crippen molar-refractivity contribution in [1.82, 2.24) is 19.7 Å². The van der Waals surface area contributed by atoms with Gasteiger partial charge in [-0.3, -0.25) is 24.3 Å². The van der Waals surface area contributed by atoms with Crippen molar-refractivity contribution in [2.24, 2.45) is 5.92 Å². The molecule has 7 nitrogen and oxygen atoms in total. The topological polar surface area (TPSA) is 63.5 Å². The number of nitrogens with zero attached hydrogens (tertiary/aromatic N) is 5. The van der Waals surface area contributed by atoms with E-state index in [0.717, 1.165) is 40.0 Å². The van der Waals surface area contributed by atoms with Crippen LogP contribution >= 0.6 is 11.6 Å². The van der Waals surface area contributed by atoms with E-state index in [4.69, 9.17) is 21.4 Å². The predicted molar refractivity (Wildman–Crippen MR) is 147 cm³/mol. The highest BCUT2D eigenvalue weighted by molar-refractivity contribution is 6.30. The number of anilines is 1. The molecular weight excluding hydrogens is 486 g/mol. The summed E-state index contributed by atoms with van der Waals surface area (Å²) in [5.41, 5.74) is 4.07. The van der Waals surface area contributed by atoms with Gasteiger partial charge in [0.2, 0.25) is 5.91 Å². The van der Waals surface area contributed by atoms with Gasteiger partial charge in [0, 0.05) is 53.6 Å². The van der Waals surface area contributed by atoms with Crippen LogP contribution in [0, 0.1) is 12.8 Å². The molecule has 1 fully saturated rings. The molecule has 0 N–H and O–H groups in total. The second-order valence-corrected chi connectivity index (χ2v) is 10.4. The van der Waals surface area contributed by atoms with Gasteiger partial charge in [-0.15, -0.1) is 0 Å². The Labute approximate surface area is 222 Å². The third-order valence-electron chi connectivity index (χ3n) is 6.57. The highest BCUT2D eigenvalue weighted by Crippen LogP contribution is 2.26. The van der Waals surface area contributed by atoms with Gasteiger partial charge in [0.15, 0.2) is 5.82 Å². The Balaban J connectivity index is 1.28. The van der Waals surface area contributed by atoms with Crippen LogP contribution in [0.15, 0.2) is 60.8 Å². The van der Waals surface area contributed by atoms with Crippen LogP contribution in [-0.2, 0) is 17.9 Å². The molecule has 0 aliphatic carbocycles. The Morgan fingerprint density at radius 2 is 1.86 bits per heavy atom. The first kappa shape index (κ1) is 25.2. The molecule has 192 valence electrons. The van der Waals surface area contributed by atoms with Gasteiger partial charge in [-0.25, -0.2) is 0 Å². The lowest BCUT2D eigenvalue weighted by Gasteiger charge is -2.33. The maximum atomic E-state index is 13.2. The Hall–Kier alpha value is -3.42. The quantitative estimate of drug-likeness (QED) is 0.316. The van der Waals surface area contributed by atoms with Crippen molar-refractivity contribution in [3.63, 3.8) is 0 Å². The summed E-state index contributed by atoms with van der Waals surface area (Å²) < 4.78 is 7.93. The summed E-state index contributed by atoms with van der Waals surface area (Å²) in [5.74, 6) is 1.96. The number of aryl methyl sites for hydroxylation is 1. The SMILES string of the molecule is Cc1cc(N2CCN(Cc3cccc4cccnc34)CC2=O)nn1Cc1cc(Cl)ccc1OCC(C)C. The lowest BCUT2D eigenvalue weighted by molar-refractivity contribution is -0.121. The molecule has 3 heterocycles. The summed E-state index contributed by atoms with van der Waals surface area (Å²) in [7, 11) is 0. The highest BCUT2D eigenvalue weighted by atomic mass is 35.5. The van der Waals surface area contributed by atoms with Crippen LogP contribution in [0.25, 0.3) is 10.9 Å². The van der Waals surface area contributed by atoms with Crippen LogP contribution in [0.1, 0.15) is 30.7 Å². The summed E-state index contributed by atoms with van der Waals surface area (Å²) in [6.07, 6.45) is 1.82. The zero-order valence-electron chi connectivity index (χ0n) is 21.5. The van der Waals surface area contributed by atoms with Crippen LogP contribution in [-0.4, -0.2) is 51.8 Å². The molecule has 0 bridgehead atoms. The molecule has 37 heavy (non-hydrogen) atoms. The van der Waals surface area contributed by atoms with E-state index in [-0.39, 0.29) is 5.91 Å².